The van der Waals surface area contributed by atoms with E-state index in [4.69, 9.17) is 5.26 Å². The first kappa shape index (κ1) is 11.2. The highest BCUT2D eigenvalue weighted by Crippen LogP contribution is 2.22. The quantitative estimate of drug-likeness (QED) is 0.714. The normalized spacial score (nSPS) is 9.73. The van der Waals surface area contributed by atoms with E-state index in [2.05, 4.69) is 11.3 Å². The van der Waals surface area contributed by atoms with Crippen molar-refractivity contribution in [3.63, 3.8) is 0 Å². The lowest BCUT2D eigenvalue weighted by Gasteiger charge is -2.07. The van der Waals surface area contributed by atoms with Gasteiger partial charge < -0.3 is 4.74 Å². The molecule has 78 valence electrons. The van der Waals surface area contributed by atoms with E-state index in [0.29, 0.717) is 6.42 Å². The van der Waals surface area contributed by atoms with Gasteiger partial charge in [-0.1, -0.05) is 12.1 Å². The lowest BCUT2D eigenvalue weighted by Crippen LogP contribution is -2.04. The monoisotopic (exact) mass is 209 g/mol. The number of rotatable bonds is 4. The number of benzene rings is 1. The van der Waals surface area contributed by atoms with E-state index in [1.807, 2.05) is 0 Å². The van der Waals surface area contributed by atoms with E-state index in [0.717, 1.165) is 5.56 Å². The molecule has 0 aromatic heterocycles. The molecular formula is C11H9F2NO. The molecule has 0 amide bonds. The summed E-state index contributed by atoms with van der Waals surface area (Å²) in [5.74, 6) is -0.0909. The van der Waals surface area contributed by atoms with Gasteiger partial charge in [0.05, 0.1) is 5.56 Å². The first-order chi connectivity index (χ1) is 7.17. The molecule has 15 heavy (non-hydrogen) atoms. The van der Waals surface area contributed by atoms with E-state index in [1.54, 1.807) is 18.2 Å². The summed E-state index contributed by atoms with van der Waals surface area (Å²) >= 11 is 0. The van der Waals surface area contributed by atoms with Gasteiger partial charge in [-0.2, -0.15) is 14.0 Å². The molecule has 0 fully saturated rings. The molecule has 0 aliphatic carbocycles. The molecule has 0 atom stereocenters. The smallest absolute Gasteiger partial charge is 0.387 e. The van der Waals surface area contributed by atoms with Gasteiger partial charge >= 0.3 is 6.61 Å². The van der Waals surface area contributed by atoms with Gasteiger partial charge in [-0.05, 0) is 24.1 Å². The number of hydrogen-bond donors (Lipinski definition) is 0. The molecule has 1 rings (SSSR count). The second-order valence-corrected chi connectivity index (χ2v) is 2.81. The maximum Gasteiger partial charge on any atom is 0.387 e. The Morgan fingerprint density at radius 3 is 2.80 bits per heavy atom. The van der Waals surface area contributed by atoms with Gasteiger partial charge in [-0.15, -0.1) is 6.58 Å². The molecule has 2 nitrogen and oxygen atoms in total. The average Bonchev–Trinajstić information content (AvgIpc) is 2.18. The lowest BCUT2D eigenvalue weighted by molar-refractivity contribution is -0.0500. The summed E-state index contributed by atoms with van der Waals surface area (Å²) in [7, 11) is 0. The minimum absolute atomic E-state index is 0.0909. The fraction of sp³-hybridized carbons (Fsp3) is 0.182. The van der Waals surface area contributed by atoms with Gasteiger partial charge in [-0.3, -0.25) is 0 Å². The van der Waals surface area contributed by atoms with E-state index in [9.17, 15) is 8.78 Å². The lowest BCUT2D eigenvalue weighted by atomic mass is 10.1. The van der Waals surface area contributed by atoms with E-state index >= 15 is 0 Å². The van der Waals surface area contributed by atoms with Crippen LogP contribution >= 0.6 is 0 Å². The Kier molecular flexibility index (Phi) is 3.81. The Hall–Kier alpha value is -1.89. The molecule has 0 heterocycles. The van der Waals surface area contributed by atoms with Crippen LogP contribution in [-0.4, -0.2) is 6.61 Å². The topological polar surface area (TPSA) is 33.0 Å². The van der Waals surface area contributed by atoms with Gasteiger partial charge in [0.25, 0.3) is 0 Å². The molecule has 0 saturated heterocycles. The van der Waals surface area contributed by atoms with Crippen molar-refractivity contribution >= 4 is 0 Å². The zero-order valence-electron chi connectivity index (χ0n) is 7.91. The standard InChI is InChI=1S/C11H9F2NO/c1-2-3-8-4-5-9(7-14)10(6-8)15-11(12)13/h2,4-6,11H,1,3H2. The summed E-state index contributed by atoms with van der Waals surface area (Å²) in [6, 6.07) is 6.34. The molecule has 0 spiro atoms. The summed E-state index contributed by atoms with van der Waals surface area (Å²) in [5, 5.41) is 8.66. The zero-order valence-corrected chi connectivity index (χ0v) is 7.91. The first-order valence-corrected chi connectivity index (χ1v) is 4.26. The van der Waals surface area contributed by atoms with Gasteiger partial charge in [0.2, 0.25) is 0 Å². The predicted octanol–water partition coefficient (Wildman–Crippen LogP) is 2.89. The summed E-state index contributed by atoms with van der Waals surface area (Å²) in [6.07, 6.45) is 2.19. The molecule has 1 aromatic rings. The largest absolute Gasteiger partial charge is 0.433 e. The summed E-state index contributed by atoms with van der Waals surface area (Å²) in [6.45, 7) is 0.615. The number of halogens is 2. The van der Waals surface area contributed by atoms with Crippen molar-refractivity contribution in [2.24, 2.45) is 0 Å². The first-order valence-electron chi connectivity index (χ1n) is 4.26. The Morgan fingerprint density at radius 1 is 1.53 bits per heavy atom. The van der Waals surface area contributed by atoms with Crippen LogP contribution in [0.2, 0.25) is 0 Å². The Labute approximate surface area is 86.4 Å². The summed E-state index contributed by atoms with van der Waals surface area (Å²) < 4.78 is 28.2. The van der Waals surface area contributed by atoms with Crippen LogP contribution in [0.25, 0.3) is 0 Å². The fourth-order valence-electron chi connectivity index (χ4n) is 1.15. The van der Waals surface area contributed by atoms with Crippen molar-refractivity contribution in [1.29, 1.82) is 5.26 Å². The minimum Gasteiger partial charge on any atom is -0.433 e. The average molecular weight is 209 g/mol. The van der Waals surface area contributed by atoms with E-state index in [-0.39, 0.29) is 11.3 Å². The van der Waals surface area contributed by atoms with Crippen molar-refractivity contribution in [1.82, 2.24) is 0 Å². The molecule has 0 aliphatic rings. The maximum atomic E-state index is 12.0. The van der Waals surface area contributed by atoms with Crippen molar-refractivity contribution in [3.05, 3.63) is 42.0 Å². The van der Waals surface area contributed by atoms with Crippen LogP contribution in [-0.2, 0) is 6.42 Å². The molecule has 1 aromatic carbocycles. The predicted molar refractivity (Wildman–Crippen MR) is 51.7 cm³/mol. The molecule has 4 heteroatoms. The fourth-order valence-corrected chi connectivity index (χ4v) is 1.15. The molecule has 0 aliphatic heterocycles. The van der Waals surface area contributed by atoms with Crippen molar-refractivity contribution < 1.29 is 13.5 Å². The summed E-state index contributed by atoms with van der Waals surface area (Å²) in [4.78, 5) is 0. The summed E-state index contributed by atoms with van der Waals surface area (Å²) in [5.41, 5.74) is 0.878. The third-order valence-corrected chi connectivity index (χ3v) is 1.76. The van der Waals surface area contributed by atoms with Gasteiger partial charge in [-0.25, -0.2) is 0 Å². The van der Waals surface area contributed by atoms with Crippen molar-refractivity contribution in [2.75, 3.05) is 0 Å². The second kappa shape index (κ2) is 5.11. The molecular weight excluding hydrogens is 200 g/mol. The second-order valence-electron chi connectivity index (χ2n) is 2.81. The molecule has 0 radical (unpaired) electrons. The molecule has 0 saturated carbocycles. The SMILES string of the molecule is C=CCc1ccc(C#N)c(OC(F)F)c1. The van der Waals surface area contributed by atoms with Crippen LogP contribution in [0.4, 0.5) is 8.78 Å². The van der Waals surface area contributed by atoms with Crippen LogP contribution in [0.3, 0.4) is 0 Å². The Morgan fingerprint density at radius 2 is 2.27 bits per heavy atom. The number of allylic oxidation sites excluding steroid dienone is 1. The number of ether oxygens (including phenoxy) is 1. The zero-order chi connectivity index (χ0) is 11.3. The van der Waals surface area contributed by atoms with Crippen LogP contribution < -0.4 is 4.74 Å². The highest BCUT2D eigenvalue weighted by atomic mass is 19.3. The minimum atomic E-state index is -2.92. The third-order valence-electron chi connectivity index (χ3n) is 1.76. The Bertz CT molecular complexity index is 396. The number of alkyl halides is 2. The van der Waals surface area contributed by atoms with Crippen molar-refractivity contribution in [3.8, 4) is 11.8 Å². The van der Waals surface area contributed by atoms with E-state index in [1.165, 1.54) is 12.1 Å². The molecule has 0 unspecified atom stereocenters. The third kappa shape index (κ3) is 3.06. The van der Waals surface area contributed by atoms with Crippen LogP contribution in [0, 0.1) is 11.3 Å². The van der Waals surface area contributed by atoms with Crippen LogP contribution in [0.1, 0.15) is 11.1 Å². The maximum absolute atomic E-state index is 12.0. The van der Waals surface area contributed by atoms with Crippen LogP contribution in [0.15, 0.2) is 30.9 Å². The molecule has 0 N–H and O–H groups in total. The van der Waals surface area contributed by atoms with Crippen molar-refractivity contribution in [2.45, 2.75) is 13.0 Å². The number of nitriles is 1. The highest BCUT2D eigenvalue weighted by molar-refractivity contribution is 5.45. The van der Waals surface area contributed by atoms with Gasteiger partial charge in [0.15, 0.2) is 0 Å². The number of hydrogen-bond acceptors (Lipinski definition) is 2. The Balaban J connectivity index is 3.02. The van der Waals surface area contributed by atoms with Crippen LogP contribution in [0.5, 0.6) is 5.75 Å². The number of nitrogens with zero attached hydrogens (tertiary/aromatic N) is 1. The molecule has 0 bridgehead atoms. The van der Waals surface area contributed by atoms with E-state index < -0.39 is 6.61 Å². The highest BCUT2D eigenvalue weighted by Gasteiger charge is 2.09. The van der Waals surface area contributed by atoms with Gasteiger partial charge in [0.1, 0.15) is 11.8 Å². The van der Waals surface area contributed by atoms with Gasteiger partial charge in [0, 0.05) is 0 Å².